The van der Waals surface area contributed by atoms with Crippen molar-refractivity contribution >= 4 is 15.9 Å². The summed E-state index contributed by atoms with van der Waals surface area (Å²) in [7, 11) is 0. The summed E-state index contributed by atoms with van der Waals surface area (Å²) >= 11 is 3.27. The van der Waals surface area contributed by atoms with Gasteiger partial charge in [-0.15, -0.1) is 0 Å². The van der Waals surface area contributed by atoms with Gasteiger partial charge in [-0.2, -0.15) is 0 Å². The Bertz CT molecular complexity index is 366. The van der Waals surface area contributed by atoms with Crippen LogP contribution in [0, 0.1) is 11.7 Å². The average Bonchev–Trinajstić information content (AvgIpc) is 3.08. The quantitative estimate of drug-likeness (QED) is 0.644. The molecule has 0 aliphatic heterocycles. The Balaban J connectivity index is 2.08. The molecule has 0 heterocycles. The van der Waals surface area contributed by atoms with Crippen LogP contribution in [0.25, 0.3) is 0 Å². The number of nitrogens with one attached hydrogen (secondary N) is 1. The van der Waals surface area contributed by atoms with Crippen LogP contribution in [0.1, 0.15) is 37.3 Å². The molecule has 4 heteroatoms. The van der Waals surface area contributed by atoms with E-state index in [9.17, 15) is 4.39 Å². The summed E-state index contributed by atoms with van der Waals surface area (Å²) in [6.07, 6.45) is 4.80. The van der Waals surface area contributed by atoms with E-state index in [1.165, 1.54) is 18.9 Å². The van der Waals surface area contributed by atoms with Crippen LogP contribution in [0.4, 0.5) is 4.39 Å². The minimum absolute atomic E-state index is 0.0330. The van der Waals surface area contributed by atoms with Crippen LogP contribution in [0.5, 0.6) is 0 Å². The lowest BCUT2D eigenvalue weighted by Gasteiger charge is -2.17. The molecule has 1 fully saturated rings. The van der Waals surface area contributed by atoms with Crippen LogP contribution in [-0.2, 0) is 0 Å². The van der Waals surface area contributed by atoms with E-state index in [1.54, 1.807) is 6.07 Å². The van der Waals surface area contributed by atoms with Gasteiger partial charge in [0.2, 0.25) is 0 Å². The molecular weight excluding hydrogens is 271 g/mol. The first-order valence-electron chi connectivity index (χ1n) is 5.62. The van der Waals surface area contributed by atoms with Gasteiger partial charge in [-0.3, -0.25) is 11.3 Å². The molecule has 0 amide bonds. The van der Waals surface area contributed by atoms with E-state index in [2.05, 4.69) is 21.4 Å². The molecule has 0 radical (unpaired) electrons. The van der Waals surface area contributed by atoms with Crippen molar-refractivity contribution in [3.05, 3.63) is 34.1 Å². The molecular formula is C12H16BrFN2. The van der Waals surface area contributed by atoms with Crippen LogP contribution in [0.3, 0.4) is 0 Å². The maximum absolute atomic E-state index is 13.4. The van der Waals surface area contributed by atoms with Gasteiger partial charge in [-0.05, 0) is 46.3 Å². The van der Waals surface area contributed by atoms with E-state index >= 15 is 0 Å². The first-order valence-corrected chi connectivity index (χ1v) is 6.41. The molecule has 1 aromatic carbocycles. The fourth-order valence-electron chi connectivity index (χ4n) is 1.93. The van der Waals surface area contributed by atoms with Gasteiger partial charge in [0.05, 0.1) is 4.47 Å². The highest BCUT2D eigenvalue weighted by molar-refractivity contribution is 9.10. The molecule has 2 nitrogen and oxygen atoms in total. The van der Waals surface area contributed by atoms with Gasteiger partial charge in [0.1, 0.15) is 5.82 Å². The number of hydrazine groups is 1. The Morgan fingerprint density at radius 1 is 1.50 bits per heavy atom. The van der Waals surface area contributed by atoms with Gasteiger partial charge in [0, 0.05) is 6.04 Å². The number of halogens is 2. The molecule has 1 saturated carbocycles. The third-order valence-corrected chi connectivity index (χ3v) is 3.96. The molecule has 2 rings (SSSR count). The zero-order valence-electron chi connectivity index (χ0n) is 9.05. The van der Waals surface area contributed by atoms with Crippen LogP contribution in [-0.4, -0.2) is 0 Å². The van der Waals surface area contributed by atoms with Gasteiger partial charge < -0.3 is 0 Å². The predicted molar refractivity (Wildman–Crippen MR) is 66.1 cm³/mol. The van der Waals surface area contributed by atoms with E-state index < -0.39 is 0 Å². The van der Waals surface area contributed by atoms with Crippen LogP contribution in [0.15, 0.2) is 22.7 Å². The maximum atomic E-state index is 13.4. The lowest BCUT2D eigenvalue weighted by atomic mass is 10.0. The molecule has 1 unspecified atom stereocenters. The van der Waals surface area contributed by atoms with E-state index in [1.807, 2.05) is 6.07 Å². The second kappa shape index (κ2) is 5.25. The van der Waals surface area contributed by atoms with E-state index in [0.717, 1.165) is 24.3 Å². The monoisotopic (exact) mass is 286 g/mol. The zero-order chi connectivity index (χ0) is 11.5. The van der Waals surface area contributed by atoms with Crippen molar-refractivity contribution in [2.24, 2.45) is 11.8 Å². The fraction of sp³-hybridized carbons (Fsp3) is 0.500. The van der Waals surface area contributed by atoms with Gasteiger partial charge >= 0.3 is 0 Å². The summed E-state index contributed by atoms with van der Waals surface area (Å²) in [5.41, 5.74) is 3.68. The van der Waals surface area contributed by atoms with Crippen molar-refractivity contribution in [3.8, 4) is 0 Å². The molecule has 0 spiro atoms. The largest absolute Gasteiger partial charge is 0.271 e. The zero-order valence-corrected chi connectivity index (χ0v) is 10.6. The molecule has 1 aliphatic carbocycles. The molecule has 1 atom stereocenters. The van der Waals surface area contributed by atoms with Crippen molar-refractivity contribution in [3.63, 3.8) is 0 Å². The van der Waals surface area contributed by atoms with Gasteiger partial charge in [-0.1, -0.05) is 25.0 Å². The highest BCUT2D eigenvalue weighted by Crippen LogP contribution is 2.37. The second-order valence-electron chi connectivity index (χ2n) is 4.38. The van der Waals surface area contributed by atoms with Crippen molar-refractivity contribution in [2.75, 3.05) is 0 Å². The topological polar surface area (TPSA) is 38.0 Å². The summed E-state index contributed by atoms with van der Waals surface area (Å²) in [6, 6.07) is 5.11. The normalized spacial score (nSPS) is 17.4. The molecule has 88 valence electrons. The third-order valence-electron chi connectivity index (χ3n) is 3.12. The first kappa shape index (κ1) is 12.0. The Morgan fingerprint density at radius 2 is 2.25 bits per heavy atom. The van der Waals surface area contributed by atoms with Crippen molar-refractivity contribution in [1.29, 1.82) is 0 Å². The average molecular weight is 287 g/mol. The standard InChI is InChI=1S/C12H16BrFN2/c13-12-9(2-1-3-10(12)14)11(16-15)7-6-8-4-5-8/h1-3,8,11,16H,4-7,15H2. The van der Waals surface area contributed by atoms with E-state index in [-0.39, 0.29) is 11.9 Å². The van der Waals surface area contributed by atoms with E-state index in [0.29, 0.717) is 4.47 Å². The molecule has 3 N–H and O–H groups in total. The summed E-state index contributed by atoms with van der Waals surface area (Å²) in [5, 5.41) is 0. The van der Waals surface area contributed by atoms with Gasteiger partial charge in [-0.25, -0.2) is 4.39 Å². The van der Waals surface area contributed by atoms with Crippen molar-refractivity contribution in [1.82, 2.24) is 5.43 Å². The number of benzene rings is 1. The van der Waals surface area contributed by atoms with Gasteiger partial charge in [0.15, 0.2) is 0 Å². The summed E-state index contributed by atoms with van der Waals surface area (Å²) in [5.74, 6) is 6.17. The van der Waals surface area contributed by atoms with Crippen LogP contribution in [0.2, 0.25) is 0 Å². The molecule has 1 aliphatic rings. The highest BCUT2D eigenvalue weighted by Gasteiger charge is 2.23. The number of hydrogen-bond donors (Lipinski definition) is 2. The predicted octanol–water partition coefficient (Wildman–Crippen LogP) is 3.28. The third kappa shape index (κ3) is 2.81. The summed E-state index contributed by atoms with van der Waals surface area (Å²) in [6.45, 7) is 0. The lowest BCUT2D eigenvalue weighted by molar-refractivity contribution is 0.477. The molecule has 16 heavy (non-hydrogen) atoms. The second-order valence-corrected chi connectivity index (χ2v) is 5.18. The smallest absolute Gasteiger partial charge is 0.137 e. The Kier molecular flexibility index (Phi) is 3.95. The molecule has 0 saturated heterocycles. The van der Waals surface area contributed by atoms with Crippen LogP contribution >= 0.6 is 15.9 Å². The maximum Gasteiger partial charge on any atom is 0.137 e. The van der Waals surface area contributed by atoms with Crippen molar-refractivity contribution < 1.29 is 4.39 Å². The van der Waals surface area contributed by atoms with Crippen LogP contribution < -0.4 is 11.3 Å². The minimum atomic E-state index is -0.232. The molecule has 1 aromatic rings. The SMILES string of the molecule is NNC(CCC1CC1)c1cccc(F)c1Br. The summed E-state index contributed by atoms with van der Waals surface area (Å²) < 4.78 is 13.9. The molecule has 0 bridgehead atoms. The highest BCUT2D eigenvalue weighted by atomic mass is 79.9. The Hall–Kier alpha value is -0.450. The fourth-order valence-corrected chi connectivity index (χ4v) is 2.47. The number of hydrogen-bond acceptors (Lipinski definition) is 2. The Labute approximate surface area is 104 Å². The number of nitrogens with two attached hydrogens (primary N) is 1. The number of rotatable bonds is 5. The van der Waals surface area contributed by atoms with Gasteiger partial charge in [0.25, 0.3) is 0 Å². The van der Waals surface area contributed by atoms with Crippen molar-refractivity contribution in [2.45, 2.75) is 31.7 Å². The minimum Gasteiger partial charge on any atom is -0.271 e. The Morgan fingerprint density at radius 3 is 2.88 bits per heavy atom. The van der Waals surface area contributed by atoms with E-state index in [4.69, 9.17) is 5.84 Å². The lowest BCUT2D eigenvalue weighted by Crippen LogP contribution is -2.28. The molecule has 0 aromatic heterocycles. The first-order chi connectivity index (χ1) is 7.72. The summed E-state index contributed by atoms with van der Waals surface area (Å²) in [4.78, 5) is 0.